The summed E-state index contributed by atoms with van der Waals surface area (Å²) in [6.45, 7) is 3.10. The van der Waals surface area contributed by atoms with E-state index < -0.39 is 0 Å². The molecular formula is C14H23BrN4. The molecule has 1 aromatic heterocycles. The average molecular weight is 327 g/mol. The Labute approximate surface area is 124 Å². The predicted molar refractivity (Wildman–Crippen MR) is 82.5 cm³/mol. The molecule has 0 atom stereocenters. The maximum Gasteiger partial charge on any atom is 0.132 e. The van der Waals surface area contributed by atoms with Crippen LogP contribution in [0.3, 0.4) is 0 Å². The summed E-state index contributed by atoms with van der Waals surface area (Å²) in [5, 5.41) is 3.49. The van der Waals surface area contributed by atoms with Crippen molar-refractivity contribution in [3.05, 3.63) is 16.5 Å². The van der Waals surface area contributed by atoms with E-state index in [-0.39, 0.29) is 0 Å². The van der Waals surface area contributed by atoms with E-state index in [1.165, 1.54) is 19.3 Å². The molecule has 0 aromatic carbocycles. The Kier molecular flexibility index (Phi) is 4.79. The van der Waals surface area contributed by atoms with Crippen LogP contribution in [-0.4, -0.2) is 41.0 Å². The third-order valence-electron chi connectivity index (χ3n) is 4.05. The standard InChI is InChI=1S/C14H23BrN4/c1-4-6-12-17-11(15)9-13(18-12)16-10-14(19(2)3)7-5-8-14/h9H,4-8,10H2,1-3H3,(H,16,17,18). The zero-order valence-corrected chi connectivity index (χ0v) is 13.6. The number of aromatic nitrogens is 2. The van der Waals surface area contributed by atoms with Crippen LogP contribution in [0.1, 0.15) is 38.4 Å². The number of rotatable bonds is 6. The fourth-order valence-electron chi connectivity index (χ4n) is 2.51. The topological polar surface area (TPSA) is 41.1 Å². The van der Waals surface area contributed by atoms with E-state index in [2.05, 4.69) is 57.1 Å². The van der Waals surface area contributed by atoms with Crippen LogP contribution in [0.2, 0.25) is 0 Å². The monoisotopic (exact) mass is 326 g/mol. The molecule has 1 fully saturated rings. The van der Waals surface area contributed by atoms with Crippen LogP contribution in [0.5, 0.6) is 0 Å². The third-order valence-corrected chi connectivity index (χ3v) is 4.45. The second-order valence-electron chi connectivity index (χ2n) is 5.57. The first-order valence-corrected chi connectivity index (χ1v) is 7.80. The molecule has 1 aliphatic carbocycles. The largest absolute Gasteiger partial charge is 0.368 e. The highest BCUT2D eigenvalue weighted by Gasteiger charge is 2.38. The lowest BCUT2D eigenvalue weighted by atomic mass is 9.75. The molecule has 0 aliphatic heterocycles. The van der Waals surface area contributed by atoms with Gasteiger partial charge in [-0.2, -0.15) is 0 Å². The molecule has 0 amide bonds. The van der Waals surface area contributed by atoms with Gasteiger partial charge >= 0.3 is 0 Å². The van der Waals surface area contributed by atoms with Crippen LogP contribution in [-0.2, 0) is 6.42 Å². The first-order chi connectivity index (χ1) is 9.05. The Hall–Kier alpha value is -0.680. The van der Waals surface area contributed by atoms with Crippen molar-refractivity contribution >= 4 is 21.7 Å². The van der Waals surface area contributed by atoms with Gasteiger partial charge in [-0.05, 0) is 55.7 Å². The van der Waals surface area contributed by atoms with Crippen LogP contribution in [0.15, 0.2) is 10.7 Å². The zero-order valence-electron chi connectivity index (χ0n) is 12.0. The summed E-state index contributed by atoms with van der Waals surface area (Å²) in [6, 6.07) is 1.96. The maximum absolute atomic E-state index is 4.57. The molecule has 1 heterocycles. The lowest BCUT2D eigenvalue weighted by Crippen LogP contribution is -2.54. The molecule has 19 heavy (non-hydrogen) atoms. The van der Waals surface area contributed by atoms with Gasteiger partial charge in [0.05, 0.1) is 0 Å². The summed E-state index contributed by atoms with van der Waals surface area (Å²) in [4.78, 5) is 11.3. The quantitative estimate of drug-likeness (QED) is 0.815. The minimum absolute atomic E-state index is 0.308. The number of hydrogen-bond acceptors (Lipinski definition) is 4. The van der Waals surface area contributed by atoms with Crippen molar-refractivity contribution in [1.29, 1.82) is 0 Å². The van der Waals surface area contributed by atoms with E-state index in [0.29, 0.717) is 5.54 Å². The smallest absolute Gasteiger partial charge is 0.132 e. The first-order valence-electron chi connectivity index (χ1n) is 7.00. The Bertz CT molecular complexity index is 429. The van der Waals surface area contributed by atoms with Crippen molar-refractivity contribution in [2.45, 2.75) is 44.6 Å². The summed E-state index contributed by atoms with van der Waals surface area (Å²) in [5.41, 5.74) is 0.308. The number of nitrogens with zero attached hydrogens (tertiary/aromatic N) is 3. The highest BCUT2D eigenvalue weighted by Crippen LogP contribution is 2.36. The Morgan fingerprint density at radius 2 is 2.11 bits per heavy atom. The summed E-state index contributed by atoms with van der Waals surface area (Å²) in [7, 11) is 4.33. The maximum atomic E-state index is 4.57. The predicted octanol–water partition coefficient (Wildman–Crippen LogP) is 3.09. The van der Waals surface area contributed by atoms with E-state index in [0.717, 1.165) is 35.6 Å². The fourth-order valence-corrected chi connectivity index (χ4v) is 2.93. The lowest BCUT2D eigenvalue weighted by molar-refractivity contribution is 0.0738. The van der Waals surface area contributed by atoms with Crippen molar-refractivity contribution in [3.8, 4) is 0 Å². The minimum atomic E-state index is 0.308. The van der Waals surface area contributed by atoms with E-state index in [1.54, 1.807) is 0 Å². The molecule has 1 aliphatic rings. The summed E-state index contributed by atoms with van der Waals surface area (Å²) in [5.74, 6) is 1.84. The summed E-state index contributed by atoms with van der Waals surface area (Å²) in [6.07, 6.45) is 5.85. The zero-order chi connectivity index (χ0) is 13.9. The van der Waals surface area contributed by atoms with Gasteiger partial charge in [-0.1, -0.05) is 6.92 Å². The number of nitrogens with one attached hydrogen (secondary N) is 1. The van der Waals surface area contributed by atoms with Crippen molar-refractivity contribution in [2.75, 3.05) is 26.0 Å². The van der Waals surface area contributed by atoms with E-state index in [1.807, 2.05) is 6.07 Å². The molecule has 0 spiro atoms. The molecule has 1 aromatic rings. The van der Waals surface area contributed by atoms with Gasteiger partial charge in [0.2, 0.25) is 0 Å². The molecule has 0 radical (unpaired) electrons. The molecule has 2 rings (SSSR count). The number of likely N-dealkylation sites (N-methyl/N-ethyl adjacent to an activating group) is 1. The molecule has 4 nitrogen and oxygen atoms in total. The molecule has 0 bridgehead atoms. The number of hydrogen-bond donors (Lipinski definition) is 1. The molecule has 5 heteroatoms. The van der Waals surface area contributed by atoms with Crippen LogP contribution in [0, 0.1) is 0 Å². The van der Waals surface area contributed by atoms with Gasteiger partial charge in [0.25, 0.3) is 0 Å². The first kappa shape index (κ1) is 14.7. The number of aryl methyl sites for hydroxylation is 1. The fraction of sp³-hybridized carbons (Fsp3) is 0.714. The van der Waals surface area contributed by atoms with Gasteiger partial charge in [-0.15, -0.1) is 0 Å². The minimum Gasteiger partial charge on any atom is -0.368 e. The molecule has 0 saturated heterocycles. The van der Waals surface area contributed by atoms with Crippen LogP contribution < -0.4 is 5.32 Å². The molecule has 106 valence electrons. The van der Waals surface area contributed by atoms with Crippen molar-refractivity contribution in [2.24, 2.45) is 0 Å². The van der Waals surface area contributed by atoms with E-state index >= 15 is 0 Å². The van der Waals surface area contributed by atoms with Crippen molar-refractivity contribution < 1.29 is 0 Å². The van der Waals surface area contributed by atoms with Crippen LogP contribution in [0.25, 0.3) is 0 Å². The van der Waals surface area contributed by atoms with E-state index in [9.17, 15) is 0 Å². The van der Waals surface area contributed by atoms with Gasteiger partial charge in [0, 0.05) is 24.6 Å². The number of halogens is 1. The lowest BCUT2D eigenvalue weighted by Gasteiger charge is -2.47. The molecule has 1 saturated carbocycles. The molecule has 1 N–H and O–H groups in total. The van der Waals surface area contributed by atoms with Gasteiger partial charge in [-0.3, -0.25) is 0 Å². The number of anilines is 1. The second-order valence-corrected chi connectivity index (χ2v) is 6.38. The Morgan fingerprint density at radius 1 is 1.37 bits per heavy atom. The Balaban J connectivity index is 2.02. The highest BCUT2D eigenvalue weighted by atomic mass is 79.9. The summed E-state index contributed by atoms with van der Waals surface area (Å²) < 4.78 is 0.862. The van der Waals surface area contributed by atoms with Gasteiger partial charge in [0.1, 0.15) is 16.2 Å². The van der Waals surface area contributed by atoms with Crippen molar-refractivity contribution in [3.63, 3.8) is 0 Å². The summed E-state index contributed by atoms with van der Waals surface area (Å²) >= 11 is 3.46. The third kappa shape index (κ3) is 3.45. The van der Waals surface area contributed by atoms with E-state index in [4.69, 9.17) is 0 Å². The average Bonchev–Trinajstić information content (AvgIpc) is 2.26. The van der Waals surface area contributed by atoms with Gasteiger partial charge in [0.15, 0.2) is 0 Å². The molecule has 0 unspecified atom stereocenters. The van der Waals surface area contributed by atoms with Crippen molar-refractivity contribution in [1.82, 2.24) is 14.9 Å². The SMILES string of the molecule is CCCc1nc(Br)cc(NCC2(N(C)C)CCC2)n1. The second kappa shape index (κ2) is 6.18. The molecular weight excluding hydrogens is 304 g/mol. The Morgan fingerprint density at radius 3 is 2.63 bits per heavy atom. The highest BCUT2D eigenvalue weighted by molar-refractivity contribution is 9.10. The van der Waals surface area contributed by atoms with Crippen LogP contribution >= 0.6 is 15.9 Å². The van der Waals surface area contributed by atoms with Gasteiger partial charge in [-0.25, -0.2) is 9.97 Å². The van der Waals surface area contributed by atoms with Crippen LogP contribution in [0.4, 0.5) is 5.82 Å². The van der Waals surface area contributed by atoms with Gasteiger partial charge < -0.3 is 10.2 Å². The normalized spacial score (nSPS) is 17.3.